The summed E-state index contributed by atoms with van der Waals surface area (Å²) < 4.78 is 41.2. The first-order valence-electron chi connectivity index (χ1n) is 7.99. The fraction of sp³-hybridized carbons (Fsp3) is 0.222. The Hall–Kier alpha value is -2.78. The van der Waals surface area contributed by atoms with Gasteiger partial charge in [-0.2, -0.15) is 13.2 Å². The van der Waals surface area contributed by atoms with Gasteiger partial charge >= 0.3 is 12.2 Å². The summed E-state index contributed by atoms with van der Waals surface area (Å²) in [5.74, 6) is -3.52. The molecule has 0 aromatic heterocycles. The van der Waals surface area contributed by atoms with E-state index in [4.69, 9.17) is 11.6 Å². The van der Waals surface area contributed by atoms with Gasteiger partial charge in [-0.25, -0.2) is 4.79 Å². The maximum atomic E-state index is 13.7. The third-order valence-electron chi connectivity index (χ3n) is 4.45. The standard InChI is InChI=1S/C18H14ClF3N2O4/c19-11-6-4-9(5-7-11)15(26)13-14(10-2-1-3-12(25)8-10)23-16(27)24-17(13,28)18(20,21)22/h1-8,13-14,25,28H,(H2,23,24,27)/t13-,14+,17-/m0/s1. The number of Topliss-reactive ketones (excluding diaryl/α,β-unsaturated/α-hetero) is 1. The Morgan fingerprint density at radius 1 is 1.14 bits per heavy atom. The summed E-state index contributed by atoms with van der Waals surface area (Å²) in [6, 6.07) is 7.26. The van der Waals surface area contributed by atoms with Crippen molar-refractivity contribution in [2.45, 2.75) is 17.9 Å². The molecule has 0 unspecified atom stereocenters. The second-order valence-corrected chi connectivity index (χ2v) is 6.72. The predicted octanol–water partition coefficient (Wildman–Crippen LogP) is 3.15. The molecule has 2 aromatic carbocycles. The fourth-order valence-corrected chi connectivity index (χ4v) is 3.25. The van der Waals surface area contributed by atoms with Gasteiger partial charge in [-0.3, -0.25) is 4.79 Å². The molecule has 148 valence electrons. The van der Waals surface area contributed by atoms with Crippen molar-refractivity contribution in [1.29, 1.82) is 0 Å². The van der Waals surface area contributed by atoms with Crippen molar-refractivity contribution in [3.05, 3.63) is 64.7 Å². The quantitative estimate of drug-likeness (QED) is 0.580. The molecule has 1 saturated heterocycles. The summed E-state index contributed by atoms with van der Waals surface area (Å²) in [5.41, 5.74) is -3.95. The molecule has 1 fully saturated rings. The van der Waals surface area contributed by atoms with E-state index in [1.54, 1.807) is 0 Å². The molecule has 0 spiro atoms. The number of phenolic OH excluding ortho intramolecular Hbond substituents is 1. The molecule has 10 heteroatoms. The number of urea groups is 1. The minimum atomic E-state index is -5.35. The van der Waals surface area contributed by atoms with Crippen molar-refractivity contribution >= 4 is 23.4 Å². The lowest BCUT2D eigenvalue weighted by Gasteiger charge is -2.45. The van der Waals surface area contributed by atoms with Gasteiger partial charge in [-0.05, 0) is 42.0 Å². The number of carbonyl (C=O) groups is 2. The summed E-state index contributed by atoms with van der Waals surface area (Å²) in [6.45, 7) is 0. The third kappa shape index (κ3) is 3.50. The summed E-state index contributed by atoms with van der Waals surface area (Å²) in [6.07, 6.45) is -5.35. The number of nitrogens with one attached hydrogen (secondary N) is 2. The molecule has 4 N–H and O–H groups in total. The lowest BCUT2D eigenvalue weighted by Crippen LogP contribution is -2.72. The van der Waals surface area contributed by atoms with E-state index in [1.165, 1.54) is 47.8 Å². The number of carbonyl (C=O) groups excluding carboxylic acids is 2. The van der Waals surface area contributed by atoms with Gasteiger partial charge in [0.1, 0.15) is 11.7 Å². The van der Waals surface area contributed by atoms with Gasteiger partial charge in [0.2, 0.25) is 5.72 Å². The third-order valence-corrected chi connectivity index (χ3v) is 4.70. The van der Waals surface area contributed by atoms with Crippen LogP contribution >= 0.6 is 11.6 Å². The maximum Gasteiger partial charge on any atom is 0.437 e. The van der Waals surface area contributed by atoms with Gasteiger partial charge in [0.05, 0.1) is 6.04 Å². The summed E-state index contributed by atoms with van der Waals surface area (Å²) in [7, 11) is 0. The van der Waals surface area contributed by atoms with Gasteiger partial charge in [0, 0.05) is 10.6 Å². The lowest BCUT2D eigenvalue weighted by atomic mass is 9.77. The predicted molar refractivity (Wildman–Crippen MR) is 92.8 cm³/mol. The van der Waals surface area contributed by atoms with Gasteiger partial charge < -0.3 is 20.8 Å². The number of rotatable bonds is 3. The van der Waals surface area contributed by atoms with Crippen LogP contribution in [0.5, 0.6) is 5.75 Å². The molecule has 0 bridgehead atoms. The summed E-state index contributed by atoms with van der Waals surface area (Å²) >= 11 is 5.75. The number of halogens is 4. The van der Waals surface area contributed by atoms with Crippen molar-refractivity contribution in [3.63, 3.8) is 0 Å². The second kappa shape index (κ2) is 6.99. The van der Waals surface area contributed by atoms with E-state index in [0.29, 0.717) is 0 Å². The van der Waals surface area contributed by atoms with Crippen LogP contribution in [0, 0.1) is 5.92 Å². The highest BCUT2D eigenvalue weighted by molar-refractivity contribution is 6.30. The highest BCUT2D eigenvalue weighted by Crippen LogP contribution is 2.44. The molecular weight excluding hydrogens is 401 g/mol. The molecule has 1 aliphatic heterocycles. The molecule has 3 atom stereocenters. The molecule has 0 radical (unpaired) electrons. The minimum Gasteiger partial charge on any atom is -0.508 e. The van der Waals surface area contributed by atoms with Crippen LogP contribution in [-0.4, -0.2) is 33.9 Å². The number of hydrogen-bond donors (Lipinski definition) is 4. The molecule has 0 aliphatic carbocycles. The average molecular weight is 415 g/mol. The molecule has 1 heterocycles. The molecule has 1 aliphatic rings. The molecule has 0 saturated carbocycles. The molecule has 6 nitrogen and oxygen atoms in total. The lowest BCUT2D eigenvalue weighted by molar-refractivity contribution is -0.287. The summed E-state index contributed by atoms with van der Waals surface area (Å²) in [5, 5.41) is 24.0. The highest BCUT2D eigenvalue weighted by atomic mass is 35.5. The largest absolute Gasteiger partial charge is 0.508 e. The minimum absolute atomic E-state index is 0.0184. The van der Waals surface area contributed by atoms with Crippen molar-refractivity contribution in [3.8, 4) is 5.75 Å². The van der Waals surface area contributed by atoms with Crippen LogP contribution in [0.3, 0.4) is 0 Å². The topological polar surface area (TPSA) is 98.7 Å². The Kier molecular flexibility index (Phi) is 4.99. The number of ketones is 1. The van der Waals surface area contributed by atoms with Crippen molar-refractivity contribution in [1.82, 2.24) is 10.6 Å². The van der Waals surface area contributed by atoms with Gasteiger partial charge in [0.25, 0.3) is 0 Å². The Balaban J connectivity index is 2.16. The van der Waals surface area contributed by atoms with Gasteiger partial charge in [0.15, 0.2) is 5.78 Å². The van der Waals surface area contributed by atoms with E-state index in [-0.39, 0.29) is 21.9 Å². The van der Waals surface area contributed by atoms with E-state index in [0.717, 1.165) is 6.07 Å². The van der Waals surface area contributed by atoms with Crippen LogP contribution in [0.1, 0.15) is 22.0 Å². The van der Waals surface area contributed by atoms with Crippen LogP contribution in [0.25, 0.3) is 0 Å². The van der Waals surface area contributed by atoms with E-state index < -0.39 is 35.7 Å². The van der Waals surface area contributed by atoms with Crippen molar-refractivity contribution < 1.29 is 33.0 Å². The molecule has 3 rings (SSSR count). The van der Waals surface area contributed by atoms with Gasteiger partial charge in [-0.1, -0.05) is 23.7 Å². The first kappa shape index (κ1) is 20.0. The maximum absolute atomic E-state index is 13.7. The number of amides is 2. The SMILES string of the molecule is O=C1N[C@H](c2cccc(O)c2)[C@@H](C(=O)c2ccc(Cl)cc2)[C@](O)(C(F)(F)F)N1. The number of hydrogen-bond acceptors (Lipinski definition) is 4. The zero-order valence-corrected chi connectivity index (χ0v) is 14.8. The Bertz CT molecular complexity index is 920. The van der Waals surface area contributed by atoms with E-state index >= 15 is 0 Å². The number of aliphatic hydroxyl groups is 1. The van der Waals surface area contributed by atoms with Crippen molar-refractivity contribution in [2.75, 3.05) is 0 Å². The second-order valence-electron chi connectivity index (χ2n) is 6.28. The Morgan fingerprint density at radius 3 is 2.36 bits per heavy atom. The average Bonchev–Trinajstić information content (AvgIpc) is 2.60. The normalized spacial score (nSPS) is 25.0. The van der Waals surface area contributed by atoms with E-state index in [1.807, 2.05) is 0 Å². The monoisotopic (exact) mass is 414 g/mol. The van der Waals surface area contributed by atoms with Gasteiger partial charge in [-0.15, -0.1) is 0 Å². The molecule has 2 aromatic rings. The van der Waals surface area contributed by atoms with Crippen LogP contribution in [0.15, 0.2) is 48.5 Å². The first-order valence-corrected chi connectivity index (χ1v) is 8.37. The first-order chi connectivity index (χ1) is 13.0. The fourth-order valence-electron chi connectivity index (χ4n) is 3.13. The number of phenols is 1. The Morgan fingerprint density at radius 2 is 1.79 bits per heavy atom. The van der Waals surface area contributed by atoms with Crippen LogP contribution < -0.4 is 10.6 Å². The van der Waals surface area contributed by atoms with E-state index in [2.05, 4.69) is 5.32 Å². The zero-order valence-electron chi connectivity index (χ0n) is 14.0. The number of aromatic hydroxyl groups is 1. The highest BCUT2D eigenvalue weighted by Gasteiger charge is 2.66. The van der Waals surface area contributed by atoms with Crippen LogP contribution in [0.2, 0.25) is 5.02 Å². The molecule has 28 heavy (non-hydrogen) atoms. The van der Waals surface area contributed by atoms with E-state index in [9.17, 15) is 33.0 Å². The van der Waals surface area contributed by atoms with Crippen molar-refractivity contribution in [2.24, 2.45) is 5.92 Å². The zero-order chi connectivity index (χ0) is 20.7. The number of benzene rings is 2. The smallest absolute Gasteiger partial charge is 0.437 e. The Labute approximate surface area is 161 Å². The van der Waals surface area contributed by atoms with Crippen LogP contribution in [-0.2, 0) is 0 Å². The molecule has 2 amide bonds. The molecular formula is C18H14ClF3N2O4. The number of alkyl halides is 3. The summed E-state index contributed by atoms with van der Waals surface area (Å²) in [4.78, 5) is 24.9. The van der Waals surface area contributed by atoms with Crippen LogP contribution in [0.4, 0.5) is 18.0 Å².